The Labute approximate surface area is 161 Å². The van der Waals surface area contributed by atoms with Gasteiger partial charge in [-0.2, -0.15) is 0 Å². The van der Waals surface area contributed by atoms with Crippen LogP contribution in [0.3, 0.4) is 0 Å². The average molecular weight is 368 g/mol. The van der Waals surface area contributed by atoms with Crippen LogP contribution in [0.15, 0.2) is 48.5 Å². The molecule has 0 N–H and O–H groups in total. The number of carbonyl (C=O) groups is 1. The van der Waals surface area contributed by atoms with Gasteiger partial charge in [-0.3, -0.25) is 4.79 Å². The predicted octanol–water partition coefficient (Wildman–Crippen LogP) is 3.55. The third kappa shape index (κ3) is 4.54. The monoisotopic (exact) mass is 368 g/mol. The number of benzene rings is 2. The number of ether oxygens (including phenoxy) is 2. The maximum Gasteiger partial charge on any atom is 0.223 e. The number of carbonyl (C=O) groups excluding carboxylic acids is 1. The van der Waals surface area contributed by atoms with Crippen molar-refractivity contribution in [2.24, 2.45) is 0 Å². The first-order valence-corrected chi connectivity index (χ1v) is 9.42. The van der Waals surface area contributed by atoms with Crippen LogP contribution in [0.25, 0.3) is 0 Å². The van der Waals surface area contributed by atoms with E-state index >= 15 is 0 Å². The van der Waals surface area contributed by atoms with E-state index in [9.17, 15) is 4.79 Å². The van der Waals surface area contributed by atoms with Crippen LogP contribution in [-0.2, 0) is 4.79 Å². The zero-order valence-electron chi connectivity index (χ0n) is 16.4. The van der Waals surface area contributed by atoms with Crippen LogP contribution in [0.1, 0.15) is 24.8 Å². The van der Waals surface area contributed by atoms with Crippen LogP contribution < -0.4 is 14.4 Å². The van der Waals surface area contributed by atoms with E-state index < -0.39 is 0 Å². The normalized spacial score (nSPS) is 15.4. The highest BCUT2D eigenvalue weighted by molar-refractivity contribution is 5.77. The molecule has 0 saturated carbocycles. The average Bonchev–Trinajstić information content (AvgIpc) is 2.73. The first-order valence-electron chi connectivity index (χ1n) is 9.42. The van der Waals surface area contributed by atoms with Gasteiger partial charge >= 0.3 is 0 Å². The van der Waals surface area contributed by atoms with E-state index in [-0.39, 0.29) is 11.8 Å². The number of anilines is 1. The summed E-state index contributed by atoms with van der Waals surface area (Å²) < 4.78 is 10.7. The molecule has 2 aromatic rings. The van der Waals surface area contributed by atoms with E-state index in [2.05, 4.69) is 17.9 Å². The molecule has 5 heteroatoms. The number of para-hydroxylation sites is 2. The molecule has 1 amide bonds. The Morgan fingerprint density at radius 3 is 2.26 bits per heavy atom. The van der Waals surface area contributed by atoms with E-state index in [1.54, 1.807) is 14.2 Å². The summed E-state index contributed by atoms with van der Waals surface area (Å²) in [7, 11) is 3.35. The van der Waals surface area contributed by atoms with E-state index in [1.165, 1.54) is 0 Å². The molecule has 27 heavy (non-hydrogen) atoms. The number of nitrogens with zero attached hydrogens (tertiary/aromatic N) is 2. The SMILES string of the molecule is COc1ccc(C(C)CC(=O)N2CCN(c3ccccc3OC)CC2)cc1. The van der Waals surface area contributed by atoms with Crippen molar-refractivity contribution in [3.8, 4) is 11.5 Å². The first-order chi connectivity index (χ1) is 13.1. The first kappa shape index (κ1) is 19.1. The summed E-state index contributed by atoms with van der Waals surface area (Å²) in [6, 6.07) is 16.0. The Kier molecular flexibility index (Phi) is 6.22. The van der Waals surface area contributed by atoms with Crippen LogP contribution in [0.5, 0.6) is 11.5 Å². The third-order valence-electron chi connectivity index (χ3n) is 5.22. The minimum Gasteiger partial charge on any atom is -0.497 e. The molecular weight excluding hydrogens is 340 g/mol. The molecule has 1 fully saturated rings. The maximum atomic E-state index is 12.7. The van der Waals surface area contributed by atoms with Gasteiger partial charge in [-0.15, -0.1) is 0 Å². The zero-order valence-corrected chi connectivity index (χ0v) is 16.4. The lowest BCUT2D eigenvalue weighted by Crippen LogP contribution is -2.49. The number of hydrogen-bond acceptors (Lipinski definition) is 4. The highest BCUT2D eigenvalue weighted by atomic mass is 16.5. The van der Waals surface area contributed by atoms with Gasteiger partial charge in [0.2, 0.25) is 5.91 Å². The van der Waals surface area contributed by atoms with Crippen LogP contribution in [-0.4, -0.2) is 51.2 Å². The van der Waals surface area contributed by atoms with Gasteiger partial charge in [0.1, 0.15) is 11.5 Å². The van der Waals surface area contributed by atoms with E-state index in [1.807, 2.05) is 47.4 Å². The summed E-state index contributed by atoms with van der Waals surface area (Å²) in [6.07, 6.45) is 0.529. The van der Waals surface area contributed by atoms with Gasteiger partial charge in [-0.05, 0) is 35.7 Å². The Morgan fingerprint density at radius 2 is 1.63 bits per heavy atom. The lowest BCUT2D eigenvalue weighted by atomic mass is 9.97. The molecule has 1 unspecified atom stereocenters. The number of amides is 1. The van der Waals surface area contributed by atoms with Gasteiger partial charge in [-0.25, -0.2) is 0 Å². The van der Waals surface area contributed by atoms with Crippen molar-refractivity contribution in [1.29, 1.82) is 0 Å². The topological polar surface area (TPSA) is 42.0 Å². The van der Waals surface area contributed by atoms with E-state index in [0.717, 1.165) is 48.9 Å². The van der Waals surface area contributed by atoms with Crippen molar-refractivity contribution >= 4 is 11.6 Å². The van der Waals surface area contributed by atoms with Crippen LogP contribution in [0.2, 0.25) is 0 Å². The number of rotatable bonds is 6. The molecule has 5 nitrogen and oxygen atoms in total. The van der Waals surface area contributed by atoms with Crippen molar-refractivity contribution in [1.82, 2.24) is 4.90 Å². The highest BCUT2D eigenvalue weighted by Gasteiger charge is 2.24. The van der Waals surface area contributed by atoms with Gasteiger partial charge in [0.25, 0.3) is 0 Å². The summed E-state index contributed by atoms with van der Waals surface area (Å²) in [5.74, 6) is 2.13. The second-order valence-electron chi connectivity index (χ2n) is 6.92. The van der Waals surface area contributed by atoms with E-state index in [0.29, 0.717) is 6.42 Å². The Morgan fingerprint density at radius 1 is 0.963 bits per heavy atom. The molecular formula is C22H28N2O3. The van der Waals surface area contributed by atoms with Crippen molar-refractivity contribution in [2.45, 2.75) is 19.3 Å². The summed E-state index contributed by atoms with van der Waals surface area (Å²) in [5, 5.41) is 0. The van der Waals surface area contributed by atoms with Gasteiger partial charge in [-0.1, -0.05) is 31.2 Å². The second-order valence-corrected chi connectivity index (χ2v) is 6.92. The minimum absolute atomic E-state index is 0.190. The van der Waals surface area contributed by atoms with Gasteiger partial charge in [0.15, 0.2) is 0 Å². The van der Waals surface area contributed by atoms with Crippen molar-refractivity contribution < 1.29 is 14.3 Å². The quantitative estimate of drug-likeness (QED) is 0.782. The standard InChI is InChI=1S/C22H28N2O3/c1-17(18-8-10-19(26-2)11-9-18)16-22(25)24-14-12-23(13-15-24)20-6-4-5-7-21(20)27-3/h4-11,17H,12-16H2,1-3H3. The van der Waals surface area contributed by atoms with Crippen LogP contribution in [0, 0.1) is 0 Å². The van der Waals surface area contributed by atoms with Crippen LogP contribution >= 0.6 is 0 Å². The second kappa shape index (κ2) is 8.80. The number of hydrogen-bond donors (Lipinski definition) is 0. The molecule has 0 radical (unpaired) electrons. The molecule has 1 atom stereocenters. The van der Waals surface area contributed by atoms with Gasteiger partial charge < -0.3 is 19.3 Å². The fourth-order valence-electron chi connectivity index (χ4n) is 3.53. The molecule has 0 bridgehead atoms. The molecule has 1 aliphatic rings. The third-order valence-corrected chi connectivity index (χ3v) is 5.22. The lowest BCUT2D eigenvalue weighted by Gasteiger charge is -2.37. The van der Waals surface area contributed by atoms with Crippen molar-refractivity contribution in [3.05, 3.63) is 54.1 Å². The zero-order chi connectivity index (χ0) is 19.2. The smallest absolute Gasteiger partial charge is 0.223 e. The molecule has 0 aliphatic carbocycles. The fraction of sp³-hybridized carbons (Fsp3) is 0.409. The van der Waals surface area contributed by atoms with Gasteiger partial charge in [0.05, 0.1) is 19.9 Å². The summed E-state index contributed by atoms with van der Waals surface area (Å²) in [5.41, 5.74) is 2.26. The Balaban J connectivity index is 1.55. The summed E-state index contributed by atoms with van der Waals surface area (Å²) >= 11 is 0. The fourth-order valence-corrected chi connectivity index (χ4v) is 3.53. The summed E-state index contributed by atoms with van der Waals surface area (Å²) in [4.78, 5) is 17.0. The predicted molar refractivity (Wildman–Crippen MR) is 108 cm³/mol. The minimum atomic E-state index is 0.190. The largest absolute Gasteiger partial charge is 0.497 e. The maximum absolute atomic E-state index is 12.7. The molecule has 1 heterocycles. The molecule has 0 spiro atoms. The molecule has 1 saturated heterocycles. The van der Waals surface area contributed by atoms with Crippen molar-refractivity contribution in [3.63, 3.8) is 0 Å². The number of piperazine rings is 1. The lowest BCUT2D eigenvalue weighted by molar-refractivity contribution is -0.131. The molecule has 1 aliphatic heterocycles. The number of methoxy groups -OCH3 is 2. The molecule has 3 rings (SSSR count). The molecule has 144 valence electrons. The van der Waals surface area contributed by atoms with Crippen molar-refractivity contribution in [2.75, 3.05) is 45.3 Å². The summed E-state index contributed by atoms with van der Waals surface area (Å²) in [6.45, 7) is 5.23. The van der Waals surface area contributed by atoms with Crippen LogP contribution in [0.4, 0.5) is 5.69 Å². The van der Waals surface area contributed by atoms with E-state index in [4.69, 9.17) is 9.47 Å². The molecule has 2 aromatic carbocycles. The Hall–Kier alpha value is -2.69. The molecule has 0 aromatic heterocycles. The van der Waals surface area contributed by atoms with Gasteiger partial charge in [0, 0.05) is 32.6 Å². The Bertz CT molecular complexity index is 752. The highest BCUT2D eigenvalue weighted by Crippen LogP contribution is 2.29.